The molecule has 0 amide bonds. The molecule has 1 atom stereocenters. The Balaban J connectivity index is 2.92. The van der Waals surface area contributed by atoms with Crippen LogP contribution in [0.1, 0.15) is 12.5 Å². The molecule has 0 bridgehead atoms. The van der Waals surface area contributed by atoms with Crippen molar-refractivity contribution >= 4 is 27.5 Å². The molecule has 0 aromatic heterocycles. The van der Waals surface area contributed by atoms with Crippen LogP contribution in [0.25, 0.3) is 0 Å². The summed E-state index contributed by atoms with van der Waals surface area (Å²) in [6, 6.07) is 4.87. The molecule has 1 aromatic carbocycles. The fraction of sp³-hybridized carbons (Fsp3) is 0.333. The van der Waals surface area contributed by atoms with Crippen molar-refractivity contribution in [3.63, 3.8) is 0 Å². The van der Waals surface area contributed by atoms with E-state index in [1.54, 1.807) is 6.07 Å². The van der Waals surface area contributed by atoms with E-state index in [0.29, 0.717) is 4.83 Å². The second-order valence-corrected chi connectivity index (χ2v) is 4.64. The molecule has 0 saturated heterocycles. The van der Waals surface area contributed by atoms with E-state index < -0.39 is 0 Å². The summed E-state index contributed by atoms with van der Waals surface area (Å²) >= 11 is 9.13. The topological polar surface area (TPSA) is 0 Å². The SMILES string of the molecule is CC(Br)Cc1cccc(F)c1Cl. The fourth-order valence-electron chi connectivity index (χ4n) is 1.01. The van der Waals surface area contributed by atoms with Gasteiger partial charge in [-0.25, -0.2) is 4.39 Å². The predicted octanol–water partition coefficient (Wildman–Crippen LogP) is 3.81. The van der Waals surface area contributed by atoms with Crippen LogP contribution in [0.4, 0.5) is 4.39 Å². The number of rotatable bonds is 2. The highest BCUT2D eigenvalue weighted by Crippen LogP contribution is 2.22. The summed E-state index contributed by atoms with van der Waals surface area (Å²) in [7, 11) is 0. The van der Waals surface area contributed by atoms with Gasteiger partial charge in [0, 0.05) is 4.83 Å². The van der Waals surface area contributed by atoms with Crippen LogP contribution >= 0.6 is 27.5 Å². The number of hydrogen-bond acceptors (Lipinski definition) is 0. The van der Waals surface area contributed by atoms with Crippen molar-refractivity contribution < 1.29 is 4.39 Å². The second-order valence-electron chi connectivity index (χ2n) is 2.70. The summed E-state index contributed by atoms with van der Waals surface area (Å²) in [5.74, 6) is -0.345. The molecule has 3 heteroatoms. The van der Waals surface area contributed by atoms with Crippen LogP contribution in [0.3, 0.4) is 0 Å². The van der Waals surface area contributed by atoms with Gasteiger partial charge in [0.1, 0.15) is 5.82 Å². The molecule has 0 saturated carbocycles. The molecule has 1 aromatic rings. The van der Waals surface area contributed by atoms with E-state index in [4.69, 9.17) is 11.6 Å². The van der Waals surface area contributed by atoms with Crippen molar-refractivity contribution in [2.45, 2.75) is 18.2 Å². The molecular weight excluding hydrogens is 242 g/mol. The van der Waals surface area contributed by atoms with Crippen molar-refractivity contribution in [3.05, 3.63) is 34.6 Å². The van der Waals surface area contributed by atoms with E-state index >= 15 is 0 Å². The van der Waals surface area contributed by atoms with Gasteiger partial charge in [0.2, 0.25) is 0 Å². The van der Waals surface area contributed by atoms with Gasteiger partial charge < -0.3 is 0 Å². The largest absolute Gasteiger partial charge is 0.205 e. The Labute approximate surface area is 84.9 Å². The van der Waals surface area contributed by atoms with Gasteiger partial charge in [-0.1, -0.05) is 46.6 Å². The first-order valence-electron chi connectivity index (χ1n) is 3.68. The molecule has 0 aliphatic rings. The van der Waals surface area contributed by atoms with Gasteiger partial charge in [0.25, 0.3) is 0 Å². The van der Waals surface area contributed by atoms with E-state index in [-0.39, 0.29) is 10.8 Å². The van der Waals surface area contributed by atoms with Crippen molar-refractivity contribution in [2.24, 2.45) is 0 Å². The molecule has 66 valence electrons. The lowest BCUT2D eigenvalue weighted by Crippen LogP contribution is -1.98. The van der Waals surface area contributed by atoms with Gasteiger partial charge in [-0.2, -0.15) is 0 Å². The summed E-state index contributed by atoms with van der Waals surface area (Å²) in [5, 5.41) is 0.240. The zero-order valence-electron chi connectivity index (χ0n) is 6.65. The molecule has 0 aliphatic carbocycles. The molecule has 1 rings (SSSR count). The van der Waals surface area contributed by atoms with Gasteiger partial charge in [-0.05, 0) is 18.1 Å². The number of hydrogen-bond donors (Lipinski definition) is 0. The summed E-state index contributed by atoms with van der Waals surface area (Å²) in [4.78, 5) is 0.316. The zero-order chi connectivity index (χ0) is 9.14. The maximum atomic E-state index is 12.9. The Morgan fingerprint density at radius 1 is 1.58 bits per heavy atom. The van der Waals surface area contributed by atoms with Gasteiger partial charge in [-0.15, -0.1) is 0 Å². The smallest absolute Gasteiger partial charge is 0.142 e. The first kappa shape index (κ1) is 10.0. The lowest BCUT2D eigenvalue weighted by molar-refractivity contribution is 0.625. The summed E-state index contributed by atoms with van der Waals surface area (Å²) in [5.41, 5.74) is 0.848. The standard InChI is InChI=1S/C9H9BrClF/c1-6(10)5-7-3-2-4-8(12)9(7)11/h2-4,6H,5H2,1H3. The lowest BCUT2D eigenvalue weighted by Gasteiger charge is -2.05. The molecule has 0 radical (unpaired) electrons. The first-order chi connectivity index (χ1) is 5.61. The highest BCUT2D eigenvalue weighted by atomic mass is 79.9. The molecular formula is C9H9BrClF. The van der Waals surface area contributed by atoms with Gasteiger partial charge in [0.15, 0.2) is 0 Å². The minimum absolute atomic E-state index is 0.240. The molecule has 0 fully saturated rings. The van der Waals surface area contributed by atoms with E-state index in [2.05, 4.69) is 15.9 Å². The van der Waals surface area contributed by atoms with E-state index in [0.717, 1.165) is 12.0 Å². The van der Waals surface area contributed by atoms with Crippen LogP contribution in [-0.2, 0) is 6.42 Å². The summed E-state index contributed by atoms with van der Waals surface area (Å²) < 4.78 is 12.9. The van der Waals surface area contributed by atoms with Crippen molar-refractivity contribution in [1.82, 2.24) is 0 Å². The van der Waals surface area contributed by atoms with Crippen molar-refractivity contribution in [2.75, 3.05) is 0 Å². The molecule has 0 spiro atoms. The van der Waals surface area contributed by atoms with E-state index in [9.17, 15) is 4.39 Å². The maximum Gasteiger partial charge on any atom is 0.142 e. The average molecular weight is 252 g/mol. The van der Waals surface area contributed by atoms with Crippen molar-refractivity contribution in [3.8, 4) is 0 Å². The molecule has 0 aliphatic heterocycles. The maximum absolute atomic E-state index is 12.9. The zero-order valence-corrected chi connectivity index (χ0v) is 8.99. The van der Waals surface area contributed by atoms with Crippen LogP contribution in [-0.4, -0.2) is 4.83 Å². The minimum Gasteiger partial charge on any atom is -0.205 e. The third kappa shape index (κ3) is 2.46. The van der Waals surface area contributed by atoms with Crippen LogP contribution in [0, 0.1) is 5.82 Å². The third-order valence-corrected chi connectivity index (χ3v) is 2.28. The van der Waals surface area contributed by atoms with Crippen LogP contribution < -0.4 is 0 Å². The van der Waals surface area contributed by atoms with Crippen LogP contribution in [0.5, 0.6) is 0 Å². The summed E-state index contributed by atoms with van der Waals surface area (Å²) in [6.07, 6.45) is 0.747. The third-order valence-electron chi connectivity index (χ3n) is 1.53. The predicted molar refractivity (Wildman–Crippen MR) is 53.5 cm³/mol. The Bertz CT molecular complexity index is 273. The Morgan fingerprint density at radius 2 is 2.25 bits per heavy atom. The van der Waals surface area contributed by atoms with Crippen LogP contribution in [0.15, 0.2) is 18.2 Å². The molecule has 12 heavy (non-hydrogen) atoms. The quantitative estimate of drug-likeness (QED) is 0.701. The Morgan fingerprint density at radius 3 is 2.83 bits per heavy atom. The van der Waals surface area contributed by atoms with E-state index in [1.165, 1.54) is 6.07 Å². The Hall–Kier alpha value is -0.0800. The van der Waals surface area contributed by atoms with Gasteiger partial charge in [-0.3, -0.25) is 0 Å². The van der Waals surface area contributed by atoms with Crippen molar-refractivity contribution in [1.29, 1.82) is 0 Å². The molecule has 0 nitrogen and oxygen atoms in total. The number of alkyl halides is 1. The second kappa shape index (κ2) is 4.24. The summed E-state index contributed by atoms with van der Waals surface area (Å²) in [6.45, 7) is 2.00. The fourth-order valence-corrected chi connectivity index (χ4v) is 1.56. The molecule has 0 N–H and O–H groups in total. The highest BCUT2D eigenvalue weighted by Gasteiger charge is 2.07. The highest BCUT2D eigenvalue weighted by molar-refractivity contribution is 9.09. The minimum atomic E-state index is -0.345. The first-order valence-corrected chi connectivity index (χ1v) is 4.97. The van der Waals surface area contributed by atoms with Gasteiger partial charge in [0.05, 0.1) is 5.02 Å². The normalized spacial score (nSPS) is 13.0. The Kier molecular flexibility index (Phi) is 3.53. The van der Waals surface area contributed by atoms with E-state index in [1.807, 2.05) is 13.0 Å². The lowest BCUT2D eigenvalue weighted by atomic mass is 10.1. The average Bonchev–Trinajstić information content (AvgIpc) is 1.98. The number of benzene rings is 1. The van der Waals surface area contributed by atoms with Gasteiger partial charge >= 0.3 is 0 Å². The monoisotopic (exact) mass is 250 g/mol. The number of halogens is 3. The van der Waals surface area contributed by atoms with Crippen LogP contribution in [0.2, 0.25) is 5.02 Å². The molecule has 1 unspecified atom stereocenters. The molecule has 0 heterocycles.